The highest BCUT2D eigenvalue weighted by atomic mass is 17.2. The van der Waals surface area contributed by atoms with Crippen LogP contribution in [0.2, 0.25) is 0 Å². The van der Waals surface area contributed by atoms with Gasteiger partial charge in [-0.05, 0) is 32.9 Å². The van der Waals surface area contributed by atoms with Gasteiger partial charge in [-0.25, -0.2) is 0 Å². The van der Waals surface area contributed by atoms with E-state index in [9.17, 15) is 4.79 Å². The Balaban J connectivity index is 2.39. The number of carbonyl (C=O) groups is 1. The van der Waals surface area contributed by atoms with Gasteiger partial charge < -0.3 is 4.98 Å². The summed E-state index contributed by atoms with van der Waals surface area (Å²) in [6.45, 7) is 5.28. The van der Waals surface area contributed by atoms with Crippen LogP contribution in [0.15, 0.2) is 24.0 Å². The molecule has 1 aliphatic heterocycles. The lowest BCUT2D eigenvalue weighted by molar-refractivity contribution is -0.171. The smallest absolute Gasteiger partial charge is 0.257 e. The molecule has 18 heavy (non-hydrogen) atoms. The van der Waals surface area contributed by atoms with E-state index in [1.54, 1.807) is 6.92 Å². The van der Waals surface area contributed by atoms with E-state index in [2.05, 4.69) is 4.98 Å². The number of aryl methyl sites for hydroxylation is 1. The molecule has 4 nitrogen and oxygen atoms in total. The van der Waals surface area contributed by atoms with Crippen molar-refractivity contribution in [2.24, 2.45) is 0 Å². The zero-order valence-corrected chi connectivity index (χ0v) is 10.5. The number of ketones is 1. The minimum absolute atomic E-state index is 0.0283. The Hall–Kier alpha value is -2.23. The molecule has 2 aromatic rings. The Kier molecular flexibility index (Phi) is 2.20. The zero-order chi connectivity index (χ0) is 12.9. The number of carbonyl (C=O) groups excluding carboxylic acids is 1. The van der Waals surface area contributed by atoms with Crippen LogP contribution in [-0.2, 0) is 9.68 Å². The molecule has 0 unspecified atom stereocenters. The predicted octanol–water partition coefficient (Wildman–Crippen LogP) is 3.12. The van der Waals surface area contributed by atoms with Crippen LogP contribution < -0.4 is 4.89 Å². The SMILES string of the molecule is CC(=O)C1=C(C)OOc2[nH]c3ccc(C)cc3c21. The Morgan fingerprint density at radius 1 is 1.22 bits per heavy atom. The normalized spacial score (nSPS) is 14.2. The summed E-state index contributed by atoms with van der Waals surface area (Å²) in [6.07, 6.45) is 0. The fourth-order valence-electron chi connectivity index (χ4n) is 2.34. The van der Waals surface area contributed by atoms with Crippen molar-refractivity contribution in [3.63, 3.8) is 0 Å². The first-order chi connectivity index (χ1) is 8.58. The van der Waals surface area contributed by atoms with Gasteiger partial charge in [0.15, 0.2) is 11.5 Å². The van der Waals surface area contributed by atoms with Gasteiger partial charge in [0.2, 0.25) is 0 Å². The van der Waals surface area contributed by atoms with E-state index >= 15 is 0 Å². The van der Waals surface area contributed by atoms with Crippen molar-refractivity contribution < 1.29 is 14.6 Å². The van der Waals surface area contributed by atoms with Gasteiger partial charge in [0, 0.05) is 10.9 Å². The van der Waals surface area contributed by atoms with E-state index in [1.807, 2.05) is 25.1 Å². The molecule has 0 amide bonds. The van der Waals surface area contributed by atoms with E-state index in [0.717, 1.165) is 22.0 Å². The van der Waals surface area contributed by atoms with Crippen molar-refractivity contribution in [2.45, 2.75) is 20.8 Å². The second-order valence-electron chi connectivity index (χ2n) is 4.53. The molecule has 1 aromatic carbocycles. The molecule has 1 aliphatic rings. The molecule has 0 spiro atoms. The summed E-state index contributed by atoms with van der Waals surface area (Å²) in [6, 6.07) is 6.02. The average molecular weight is 243 g/mol. The van der Waals surface area contributed by atoms with Crippen LogP contribution in [0.4, 0.5) is 0 Å². The fraction of sp³-hybridized carbons (Fsp3) is 0.214. The number of hydrogen-bond acceptors (Lipinski definition) is 3. The summed E-state index contributed by atoms with van der Waals surface area (Å²) in [5.74, 6) is 0.961. The summed E-state index contributed by atoms with van der Waals surface area (Å²) in [4.78, 5) is 25.1. The first-order valence-corrected chi connectivity index (χ1v) is 5.77. The Bertz CT molecular complexity index is 694. The number of Topliss-reactive ketones (excluding diaryl/α,β-unsaturated/α-hetero) is 1. The van der Waals surface area contributed by atoms with Crippen molar-refractivity contribution in [3.05, 3.63) is 35.1 Å². The van der Waals surface area contributed by atoms with Crippen LogP contribution in [0.3, 0.4) is 0 Å². The highest BCUT2D eigenvalue weighted by Crippen LogP contribution is 2.39. The molecule has 0 aliphatic carbocycles. The molecule has 0 bridgehead atoms. The largest absolute Gasteiger partial charge is 0.321 e. The molecular weight excluding hydrogens is 230 g/mol. The van der Waals surface area contributed by atoms with Gasteiger partial charge >= 0.3 is 0 Å². The van der Waals surface area contributed by atoms with Crippen molar-refractivity contribution >= 4 is 22.3 Å². The summed E-state index contributed by atoms with van der Waals surface area (Å²) in [7, 11) is 0. The van der Waals surface area contributed by atoms with Gasteiger partial charge in [-0.15, -0.1) is 0 Å². The van der Waals surface area contributed by atoms with Crippen LogP contribution in [-0.4, -0.2) is 10.8 Å². The highest BCUT2D eigenvalue weighted by Gasteiger charge is 2.27. The first kappa shape index (κ1) is 10.9. The van der Waals surface area contributed by atoms with Crippen LogP contribution in [0, 0.1) is 6.92 Å². The van der Waals surface area contributed by atoms with Gasteiger partial charge in [-0.3, -0.25) is 14.6 Å². The number of aromatic nitrogens is 1. The highest BCUT2D eigenvalue weighted by molar-refractivity contribution is 6.24. The number of hydrogen-bond donors (Lipinski definition) is 1. The maximum Gasteiger partial charge on any atom is 0.257 e. The molecule has 0 saturated carbocycles. The Morgan fingerprint density at radius 2 is 2.00 bits per heavy atom. The number of aromatic amines is 1. The number of nitrogens with one attached hydrogen (secondary N) is 1. The Labute approximate surface area is 104 Å². The van der Waals surface area contributed by atoms with Crippen molar-refractivity contribution in [1.29, 1.82) is 0 Å². The molecule has 0 radical (unpaired) electrons. The second-order valence-corrected chi connectivity index (χ2v) is 4.53. The van der Waals surface area contributed by atoms with Crippen LogP contribution in [0.5, 0.6) is 5.88 Å². The maximum atomic E-state index is 11.8. The number of fused-ring (bicyclic) bond motifs is 3. The van der Waals surface area contributed by atoms with E-state index < -0.39 is 0 Å². The molecule has 0 atom stereocenters. The predicted molar refractivity (Wildman–Crippen MR) is 68.0 cm³/mol. The lowest BCUT2D eigenvalue weighted by Crippen LogP contribution is -2.10. The van der Waals surface area contributed by atoms with Gasteiger partial charge in [-0.2, -0.15) is 0 Å². The monoisotopic (exact) mass is 243 g/mol. The molecule has 92 valence electrons. The number of allylic oxidation sites excluding steroid dienone is 2. The third-order valence-corrected chi connectivity index (χ3v) is 3.12. The summed E-state index contributed by atoms with van der Waals surface area (Å²) < 4.78 is 0. The third kappa shape index (κ3) is 1.42. The third-order valence-electron chi connectivity index (χ3n) is 3.12. The molecule has 0 saturated heterocycles. The summed E-state index contributed by atoms with van der Waals surface area (Å²) >= 11 is 0. The molecule has 1 N–H and O–H groups in total. The van der Waals surface area contributed by atoms with Gasteiger partial charge in [0.05, 0.1) is 11.1 Å². The first-order valence-electron chi connectivity index (χ1n) is 5.77. The van der Waals surface area contributed by atoms with Gasteiger partial charge in [0.1, 0.15) is 0 Å². The minimum Gasteiger partial charge on any atom is -0.321 e. The van der Waals surface area contributed by atoms with Gasteiger partial charge in [-0.1, -0.05) is 11.6 Å². The summed E-state index contributed by atoms with van der Waals surface area (Å²) in [5.41, 5.74) is 3.44. The molecule has 1 aromatic heterocycles. The minimum atomic E-state index is -0.0283. The Morgan fingerprint density at radius 3 is 2.72 bits per heavy atom. The van der Waals surface area contributed by atoms with Crippen molar-refractivity contribution in [3.8, 4) is 5.88 Å². The molecular formula is C14H13NO3. The van der Waals surface area contributed by atoms with E-state index in [-0.39, 0.29) is 5.78 Å². The van der Waals surface area contributed by atoms with Crippen molar-refractivity contribution in [1.82, 2.24) is 4.98 Å². The van der Waals surface area contributed by atoms with Gasteiger partial charge in [0.25, 0.3) is 5.88 Å². The quantitative estimate of drug-likeness (QED) is 0.783. The van der Waals surface area contributed by atoms with Crippen molar-refractivity contribution in [2.75, 3.05) is 0 Å². The topological polar surface area (TPSA) is 51.3 Å². The lowest BCUT2D eigenvalue weighted by Gasteiger charge is -2.16. The zero-order valence-electron chi connectivity index (χ0n) is 10.5. The molecule has 0 fully saturated rings. The van der Waals surface area contributed by atoms with Crippen LogP contribution >= 0.6 is 0 Å². The average Bonchev–Trinajstić information content (AvgIpc) is 2.66. The molecule has 3 rings (SSSR count). The van der Waals surface area contributed by atoms with E-state index in [1.165, 1.54) is 6.92 Å². The number of H-pyrrole nitrogens is 1. The van der Waals surface area contributed by atoms with E-state index in [0.29, 0.717) is 17.2 Å². The molecule has 2 heterocycles. The lowest BCUT2D eigenvalue weighted by atomic mass is 9.99. The number of rotatable bonds is 1. The maximum absolute atomic E-state index is 11.8. The second kappa shape index (κ2) is 3.63. The van der Waals surface area contributed by atoms with E-state index in [4.69, 9.17) is 9.78 Å². The number of benzene rings is 1. The fourth-order valence-corrected chi connectivity index (χ4v) is 2.34. The van der Waals surface area contributed by atoms with Crippen LogP contribution in [0.1, 0.15) is 25.0 Å². The molecule has 4 heteroatoms. The summed E-state index contributed by atoms with van der Waals surface area (Å²) in [5, 5.41) is 0.984. The standard InChI is InChI=1S/C14H13NO3/c1-7-4-5-11-10(6-7)13-12(8(2)16)9(3)17-18-14(13)15-11/h4-6,15H,1-3H3. The van der Waals surface area contributed by atoms with Crippen LogP contribution in [0.25, 0.3) is 16.5 Å².